The molecular weight excluding hydrogens is 236 g/mol. The van der Waals surface area contributed by atoms with Crippen LogP contribution in [-0.2, 0) is 4.79 Å². The van der Waals surface area contributed by atoms with Crippen molar-refractivity contribution in [2.75, 3.05) is 7.05 Å². The minimum atomic E-state index is -0.432. The number of rotatable bonds is 3. The average Bonchev–Trinajstić information content (AvgIpc) is 2.37. The molecule has 1 aliphatic rings. The number of hydrogen-bond donors (Lipinski definition) is 1. The van der Waals surface area contributed by atoms with E-state index in [1.807, 2.05) is 0 Å². The Morgan fingerprint density at radius 2 is 1.94 bits per heavy atom. The molecule has 0 bridgehead atoms. The van der Waals surface area contributed by atoms with Crippen LogP contribution >= 0.6 is 0 Å². The van der Waals surface area contributed by atoms with Crippen LogP contribution in [0.2, 0.25) is 0 Å². The highest BCUT2D eigenvalue weighted by Gasteiger charge is 2.28. The third-order valence-electron chi connectivity index (χ3n) is 3.66. The maximum absolute atomic E-state index is 13.8. The lowest BCUT2D eigenvalue weighted by atomic mass is 9.80. The third-order valence-corrected chi connectivity index (χ3v) is 3.66. The van der Waals surface area contributed by atoms with Gasteiger partial charge in [-0.15, -0.1) is 0 Å². The molecule has 0 heterocycles. The second kappa shape index (κ2) is 5.57. The lowest BCUT2D eigenvalue weighted by molar-refractivity contribution is -0.121. The van der Waals surface area contributed by atoms with Gasteiger partial charge in [0.1, 0.15) is 17.4 Å². The summed E-state index contributed by atoms with van der Waals surface area (Å²) >= 11 is 0. The van der Waals surface area contributed by atoms with Gasteiger partial charge in [0.25, 0.3) is 0 Å². The Hall–Kier alpha value is -1.29. The van der Waals surface area contributed by atoms with Crippen molar-refractivity contribution in [3.05, 3.63) is 35.4 Å². The number of hydrogen-bond acceptors (Lipinski definition) is 2. The molecule has 0 spiro atoms. The minimum Gasteiger partial charge on any atom is -0.313 e. The van der Waals surface area contributed by atoms with Gasteiger partial charge in [0.05, 0.1) is 0 Å². The van der Waals surface area contributed by atoms with Crippen molar-refractivity contribution >= 4 is 5.78 Å². The molecule has 2 nitrogen and oxygen atoms in total. The lowest BCUT2D eigenvalue weighted by Crippen LogP contribution is -2.29. The Morgan fingerprint density at radius 3 is 2.56 bits per heavy atom. The van der Waals surface area contributed by atoms with Gasteiger partial charge in [0.2, 0.25) is 0 Å². The molecule has 0 aliphatic heterocycles. The first-order chi connectivity index (χ1) is 8.61. The van der Waals surface area contributed by atoms with Gasteiger partial charge >= 0.3 is 0 Å². The summed E-state index contributed by atoms with van der Waals surface area (Å²) in [5.74, 6) is -0.379. The molecule has 1 fully saturated rings. The molecule has 0 saturated heterocycles. The van der Waals surface area contributed by atoms with E-state index < -0.39 is 11.6 Å². The largest absolute Gasteiger partial charge is 0.313 e. The first-order valence-corrected chi connectivity index (χ1v) is 6.25. The Balaban J connectivity index is 2.22. The number of halogens is 2. The van der Waals surface area contributed by atoms with Crippen LogP contribution < -0.4 is 5.32 Å². The maximum Gasteiger partial charge on any atom is 0.132 e. The van der Waals surface area contributed by atoms with Gasteiger partial charge in [-0.25, -0.2) is 8.78 Å². The first-order valence-electron chi connectivity index (χ1n) is 6.25. The van der Waals surface area contributed by atoms with Gasteiger partial charge in [-0.2, -0.15) is 0 Å². The molecule has 1 unspecified atom stereocenters. The van der Waals surface area contributed by atoms with Crippen molar-refractivity contribution in [2.24, 2.45) is 5.92 Å². The summed E-state index contributed by atoms with van der Waals surface area (Å²) in [6.45, 7) is 0. The van der Waals surface area contributed by atoms with Crippen molar-refractivity contribution in [3.63, 3.8) is 0 Å². The molecule has 98 valence electrons. The van der Waals surface area contributed by atoms with Crippen LogP contribution in [0.5, 0.6) is 0 Å². The molecule has 0 amide bonds. The van der Waals surface area contributed by atoms with E-state index >= 15 is 0 Å². The van der Waals surface area contributed by atoms with Gasteiger partial charge in [0.15, 0.2) is 0 Å². The number of Topliss-reactive ketones (excluding diaryl/α,β-unsaturated/α-hetero) is 1. The van der Waals surface area contributed by atoms with Crippen LogP contribution in [0.25, 0.3) is 0 Å². The molecule has 1 aromatic carbocycles. The molecule has 1 aliphatic carbocycles. The van der Waals surface area contributed by atoms with Crippen molar-refractivity contribution in [1.82, 2.24) is 5.32 Å². The van der Waals surface area contributed by atoms with E-state index in [1.54, 1.807) is 7.05 Å². The highest BCUT2D eigenvalue weighted by molar-refractivity contribution is 5.79. The monoisotopic (exact) mass is 253 g/mol. The van der Waals surface area contributed by atoms with Gasteiger partial charge < -0.3 is 5.32 Å². The summed E-state index contributed by atoms with van der Waals surface area (Å²) in [7, 11) is 1.74. The maximum atomic E-state index is 13.8. The van der Waals surface area contributed by atoms with Crippen molar-refractivity contribution < 1.29 is 13.6 Å². The minimum absolute atomic E-state index is 0.184. The SMILES string of the molecule is CNC(c1cc(F)ccc1F)C1CCC(=O)CC1. The van der Waals surface area contributed by atoms with Crippen molar-refractivity contribution in [3.8, 4) is 0 Å². The smallest absolute Gasteiger partial charge is 0.132 e. The summed E-state index contributed by atoms with van der Waals surface area (Å²) in [5.41, 5.74) is 0.358. The number of carbonyl (C=O) groups is 1. The summed E-state index contributed by atoms with van der Waals surface area (Å²) in [5, 5.41) is 3.05. The molecular formula is C14H17F2NO. The fraction of sp³-hybridized carbons (Fsp3) is 0.500. The van der Waals surface area contributed by atoms with Gasteiger partial charge in [-0.3, -0.25) is 4.79 Å². The fourth-order valence-electron chi connectivity index (χ4n) is 2.69. The van der Waals surface area contributed by atoms with Crippen molar-refractivity contribution in [2.45, 2.75) is 31.7 Å². The Kier molecular flexibility index (Phi) is 4.07. The van der Waals surface area contributed by atoms with Gasteiger partial charge in [-0.05, 0) is 44.0 Å². The predicted octanol–water partition coefficient (Wildman–Crippen LogP) is 2.98. The molecule has 1 saturated carbocycles. The molecule has 1 N–H and O–H groups in total. The van der Waals surface area contributed by atoms with Gasteiger partial charge in [-0.1, -0.05) is 0 Å². The number of benzene rings is 1. The molecule has 4 heteroatoms. The topological polar surface area (TPSA) is 29.1 Å². The van der Waals surface area contributed by atoms with E-state index in [-0.39, 0.29) is 17.7 Å². The molecule has 1 atom stereocenters. The Morgan fingerprint density at radius 1 is 1.28 bits per heavy atom. The van der Waals surface area contributed by atoms with Crippen LogP contribution in [-0.4, -0.2) is 12.8 Å². The molecule has 2 rings (SSSR count). The summed E-state index contributed by atoms with van der Waals surface area (Å²) in [6, 6.07) is 3.29. The van der Waals surface area contributed by atoms with Gasteiger partial charge in [0, 0.05) is 24.4 Å². The zero-order chi connectivity index (χ0) is 13.1. The zero-order valence-corrected chi connectivity index (χ0v) is 10.4. The van der Waals surface area contributed by atoms with E-state index in [0.29, 0.717) is 18.4 Å². The lowest BCUT2D eigenvalue weighted by Gasteiger charge is -2.30. The van der Waals surface area contributed by atoms with Crippen LogP contribution in [0, 0.1) is 17.6 Å². The number of nitrogens with one attached hydrogen (secondary N) is 1. The van der Waals surface area contributed by atoms with E-state index in [9.17, 15) is 13.6 Å². The van der Waals surface area contributed by atoms with E-state index in [2.05, 4.69) is 5.32 Å². The summed E-state index contributed by atoms with van der Waals surface area (Å²) in [6.07, 6.45) is 2.56. The first kappa shape index (κ1) is 13.1. The highest BCUT2D eigenvalue weighted by Crippen LogP contribution is 2.34. The fourth-order valence-corrected chi connectivity index (χ4v) is 2.69. The van der Waals surface area contributed by atoms with Crippen LogP contribution in [0.3, 0.4) is 0 Å². The van der Waals surface area contributed by atoms with Crippen LogP contribution in [0.1, 0.15) is 37.3 Å². The average molecular weight is 253 g/mol. The van der Waals surface area contributed by atoms with E-state index in [1.165, 1.54) is 6.07 Å². The normalized spacial score (nSPS) is 18.9. The molecule has 18 heavy (non-hydrogen) atoms. The predicted molar refractivity (Wildman–Crippen MR) is 65.1 cm³/mol. The van der Waals surface area contributed by atoms with Crippen molar-refractivity contribution in [1.29, 1.82) is 0 Å². The Bertz CT molecular complexity index is 437. The summed E-state index contributed by atoms with van der Waals surface area (Å²) in [4.78, 5) is 11.2. The third kappa shape index (κ3) is 2.75. The number of carbonyl (C=O) groups excluding carboxylic acids is 1. The van der Waals surface area contributed by atoms with Crippen LogP contribution in [0.15, 0.2) is 18.2 Å². The van der Waals surface area contributed by atoms with E-state index in [4.69, 9.17) is 0 Å². The second-order valence-corrected chi connectivity index (χ2v) is 4.81. The molecule has 0 radical (unpaired) electrons. The second-order valence-electron chi connectivity index (χ2n) is 4.81. The Labute approximate surface area is 105 Å². The van der Waals surface area contributed by atoms with E-state index in [0.717, 1.165) is 25.0 Å². The molecule has 1 aromatic rings. The summed E-state index contributed by atoms with van der Waals surface area (Å²) < 4.78 is 27.0. The quantitative estimate of drug-likeness (QED) is 0.897. The standard InChI is InChI=1S/C14H17F2NO/c1-17-14(9-2-5-11(18)6-3-9)12-8-10(15)4-7-13(12)16/h4,7-9,14,17H,2-3,5-6H2,1H3. The number of ketones is 1. The molecule has 0 aromatic heterocycles. The zero-order valence-electron chi connectivity index (χ0n) is 10.4. The van der Waals surface area contributed by atoms with Crippen LogP contribution in [0.4, 0.5) is 8.78 Å². The highest BCUT2D eigenvalue weighted by atomic mass is 19.1.